The van der Waals surface area contributed by atoms with Crippen molar-refractivity contribution in [3.8, 4) is 18.2 Å². The van der Waals surface area contributed by atoms with Gasteiger partial charge < -0.3 is 5.32 Å². The van der Waals surface area contributed by atoms with Gasteiger partial charge in [0.1, 0.15) is 29.6 Å². The van der Waals surface area contributed by atoms with Gasteiger partial charge in [0, 0.05) is 10.5 Å². The van der Waals surface area contributed by atoms with Crippen LogP contribution in [0.2, 0.25) is 0 Å². The highest BCUT2D eigenvalue weighted by atomic mass is 79.9. The molecular weight excluding hydrogens is 314 g/mol. The second-order valence-corrected chi connectivity index (χ2v) is 4.04. The molecule has 0 saturated carbocycles. The summed E-state index contributed by atoms with van der Waals surface area (Å²) >= 11 is 3.09. The Balaban J connectivity index is 3.32. The number of hydrogen-bond donors (Lipinski definition) is 1. The van der Waals surface area contributed by atoms with Crippen molar-refractivity contribution in [3.05, 3.63) is 44.1 Å². The Bertz CT molecular complexity index is 675. The molecule has 7 nitrogen and oxygen atoms in total. The van der Waals surface area contributed by atoms with E-state index in [1.54, 1.807) is 6.07 Å². The van der Waals surface area contributed by atoms with Crippen molar-refractivity contribution in [2.45, 2.75) is 0 Å². The van der Waals surface area contributed by atoms with Crippen LogP contribution in [0.15, 0.2) is 33.9 Å². The Morgan fingerprint density at radius 2 is 1.89 bits per heavy atom. The van der Waals surface area contributed by atoms with E-state index in [9.17, 15) is 10.1 Å². The van der Waals surface area contributed by atoms with Gasteiger partial charge in [0.25, 0.3) is 5.69 Å². The Labute approximate surface area is 116 Å². The van der Waals surface area contributed by atoms with E-state index in [0.717, 1.165) is 0 Å². The van der Waals surface area contributed by atoms with Crippen LogP contribution in [-0.2, 0) is 0 Å². The van der Waals surface area contributed by atoms with Crippen LogP contribution >= 0.6 is 15.9 Å². The van der Waals surface area contributed by atoms with Gasteiger partial charge in [-0.25, -0.2) is 0 Å². The van der Waals surface area contributed by atoms with Crippen molar-refractivity contribution in [1.29, 1.82) is 15.8 Å². The third-order valence-electron chi connectivity index (χ3n) is 2.00. The van der Waals surface area contributed by atoms with Crippen LogP contribution in [0.5, 0.6) is 0 Å². The second-order valence-electron chi connectivity index (χ2n) is 3.13. The maximum absolute atomic E-state index is 10.9. The molecule has 1 aromatic carbocycles. The molecule has 0 heterocycles. The molecule has 19 heavy (non-hydrogen) atoms. The number of hydrogen-bond acceptors (Lipinski definition) is 6. The van der Waals surface area contributed by atoms with Gasteiger partial charge >= 0.3 is 0 Å². The summed E-state index contributed by atoms with van der Waals surface area (Å²) in [7, 11) is 0. The van der Waals surface area contributed by atoms with Gasteiger partial charge in [0.15, 0.2) is 5.57 Å². The molecule has 0 spiro atoms. The average Bonchev–Trinajstić information content (AvgIpc) is 2.40. The van der Waals surface area contributed by atoms with Crippen molar-refractivity contribution in [1.82, 2.24) is 0 Å². The Hall–Kier alpha value is -2.89. The number of rotatable bonds is 3. The zero-order valence-corrected chi connectivity index (χ0v) is 10.8. The number of nitro benzene ring substituents is 1. The molecule has 0 atom stereocenters. The topological polar surface area (TPSA) is 127 Å². The van der Waals surface area contributed by atoms with Gasteiger partial charge in [0.05, 0.1) is 4.92 Å². The predicted molar refractivity (Wildman–Crippen MR) is 68.3 cm³/mol. The molecule has 0 fully saturated rings. The molecule has 0 unspecified atom stereocenters. The van der Waals surface area contributed by atoms with Crippen molar-refractivity contribution in [2.24, 2.45) is 0 Å². The molecule has 0 aromatic heterocycles. The Morgan fingerprint density at radius 3 is 2.37 bits per heavy atom. The molecule has 0 saturated heterocycles. The first kappa shape index (κ1) is 14.2. The summed E-state index contributed by atoms with van der Waals surface area (Å²) in [5.74, 6) is 0. The summed E-state index contributed by atoms with van der Waals surface area (Å²) in [6.45, 7) is 0. The molecule has 0 aliphatic heterocycles. The minimum atomic E-state index is -0.638. The second kappa shape index (κ2) is 6.15. The van der Waals surface area contributed by atoms with E-state index in [1.165, 1.54) is 30.3 Å². The lowest BCUT2D eigenvalue weighted by Gasteiger charge is -2.05. The third-order valence-corrected chi connectivity index (χ3v) is 2.49. The van der Waals surface area contributed by atoms with Crippen molar-refractivity contribution < 1.29 is 4.92 Å². The number of benzene rings is 1. The quantitative estimate of drug-likeness (QED) is 0.518. The first-order valence-electron chi connectivity index (χ1n) is 4.69. The van der Waals surface area contributed by atoms with E-state index < -0.39 is 10.5 Å². The molecular formula is C11H4BrN5O2. The highest BCUT2D eigenvalue weighted by molar-refractivity contribution is 9.10. The lowest BCUT2D eigenvalue weighted by Crippen LogP contribution is -2.03. The summed E-state index contributed by atoms with van der Waals surface area (Å²) in [5.41, 5.74) is -1.04. The van der Waals surface area contributed by atoms with Crippen LogP contribution in [0.4, 0.5) is 11.4 Å². The maximum atomic E-state index is 10.9. The summed E-state index contributed by atoms with van der Waals surface area (Å²) in [5, 5.41) is 39.5. The SMILES string of the molecule is N#CC(C#N)=C(C#N)Nc1ccc(Br)cc1[N+](=O)[O-]. The highest BCUT2D eigenvalue weighted by Crippen LogP contribution is 2.29. The van der Waals surface area contributed by atoms with Crippen LogP contribution < -0.4 is 5.32 Å². The number of halogens is 1. The van der Waals surface area contributed by atoms with Crippen molar-refractivity contribution in [3.63, 3.8) is 0 Å². The van der Waals surface area contributed by atoms with Gasteiger partial charge in [-0.1, -0.05) is 15.9 Å². The maximum Gasteiger partial charge on any atom is 0.293 e. The Kier molecular flexibility index (Phi) is 4.59. The van der Waals surface area contributed by atoms with E-state index >= 15 is 0 Å². The van der Waals surface area contributed by atoms with Gasteiger partial charge in [0.2, 0.25) is 0 Å². The van der Waals surface area contributed by atoms with E-state index in [0.29, 0.717) is 4.47 Å². The zero-order chi connectivity index (χ0) is 14.4. The molecule has 1 N–H and O–H groups in total. The summed E-state index contributed by atoms with van der Waals surface area (Å²) in [6, 6.07) is 8.84. The number of nitrogens with one attached hydrogen (secondary N) is 1. The van der Waals surface area contributed by atoms with Gasteiger partial charge in [-0.2, -0.15) is 15.8 Å². The molecule has 1 aromatic rings. The molecule has 0 amide bonds. The van der Waals surface area contributed by atoms with Crippen LogP contribution in [0, 0.1) is 44.1 Å². The smallest absolute Gasteiger partial charge is 0.293 e. The first-order valence-corrected chi connectivity index (χ1v) is 5.48. The normalized spacial score (nSPS) is 8.53. The summed E-state index contributed by atoms with van der Waals surface area (Å²) < 4.78 is 0.494. The zero-order valence-electron chi connectivity index (χ0n) is 9.22. The molecule has 92 valence electrons. The lowest BCUT2D eigenvalue weighted by molar-refractivity contribution is -0.384. The fourth-order valence-corrected chi connectivity index (χ4v) is 1.53. The average molecular weight is 318 g/mol. The van der Waals surface area contributed by atoms with Gasteiger partial charge in [-0.15, -0.1) is 0 Å². The van der Waals surface area contributed by atoms with E-state index in [-0.39, 0.29) is 17.1 Å². The summed E-state index contributed by atoms with van der Waals surface area (Å²) in [4.78, 5) is 10.2. The minimum absolute atomic E-state index is 0.0211. The Morgan fingerprint density at radius 1 is 1.26 bits per heavy atom. The van der Waals surface area contributed by atoms with Crippen LogP contribution in [0.3, 0.4) is 0 Å². The van der Waals surface area contributed by atoms with Crippen molar-refractivity contribution >= 4 is 27.3 Å². The van der Waals surface area contributed by atoms with Crippen LogP contribution in [-0.4, -0.2) is 4.92 Å². The van der Waals surface area contributed by atoms with Crippen molar-refractivity contribution in [2.75, 3.05) is 5.32 Å². The number of nitrogens with zero attached hydrogens (tertiary/aromatic N) is 4. The van der Waals surface area contributed by atoms with E-state index in [4.69, 9.17) is 15.8 Å². The summed E-state index contributed by atoms with van der Waals surface area (Å²) in [6.07, 6.45) is 0. The number of anilines is 1. The number of nitriles is 3. The predicted octanol–water partition coefficient (Wildman–Crippen LogP) is 2.59. The standard InChI is InChI=1S/C11H4BrN5O2/c12-8-1-2-9(11(3-8)17(18)19)16-10(6-15)7(4-13)5-14/h1-3,16H. The van der Waals surface area contributed by atoms with E-state index in [1.807, 2.05) is 0 Å². The van der Waals surface area contributed by atoms with E-state index in [2.05, 4.69) is 21.2 Å². The molecule has 8 heteroatoms. The highest BCUT2D eigenvalue weighted by Gasteiger charge is 2.16. The number of nitro groups is 1. The molecule has 0 bridgehead atoms. The minimum Gasteiger partial charge on any atom is -0.340 e. The first-order chi connectivity index (χ1) is 9.03. The third kappa shape index (κ3) is 3.29. The monoisotopic (exact) mass is 317 g/mol. The van der Waals surface area contributed by atoms with Crippen LogP contribution in [0.25, 0.3) is 0 Å². The fraction of sp³-hybridized carbons (Fsp3) is 0. The molecule has 0 aliphatic carbocycles. The van der Waals surface area contributed by atoms with Gasteiger partial charge in [-0.05, 0) is 12.1 Å². The fourth-order valence-electron chi connectivity index (χ4n) is 1.18. The van der Waals surface area contributed by atoms with Crippen LogP contribution in [0.1, 0.15) is 0 Å². The number of allylic oxidation sites excluding steroid dienone is 2. The largest absolute Gasteiger partial charge is 0.340 e. The molecule has 0 aliphatic rings. The lowest BCUT2D eigenvalue weighted by atomic mass is 10.2. The molecule has 1 rings (SSSR count). The molecule has 0 radical (unpaired) electrons. The van der Waals surface area contributed by atoms with Gasteiger partial charge in [-0.3, -0.25) is 10.1 Å².